The van der Waals surface area contributed by atoms with E-state index in [0.29, 0.717) is 11.3 Å². The van der Waals surface area contributed by atoms with Gasteiger partial charge in [-0.3, -0.25) is 24.1 Å². The number of hydrogen-bond acceptors (Lipinski definition) is 5. The molecule has 3 rings (SSSR count). The van der Waals surface area contributed by atoms with Gasteiger partial charge in [0.15, 0.2) is 0 Å². The van der Waals surface area contributed by atoms with Gasteiger partial charge < -0.3 is 10.1 Å². The van der Waals surface area contributed by atoms with Gasteiger partial charge in [0.05, 0.1) is 6.42 Å². The quantitative estimate of drug-likeness (QED) is 0.576. The Balaban J connectivity index is 1.67. The van der Waals surface area contributed by atoms with E-state index >= 15 is 0 Å². The van der Waals surface area contributed by atoms with Gasteiger partial charge in [0.2, 0.25) is 17.9 Å². The molecule has 1 aliphatic rings. The molecule has 1 atom stereocenters. The largest absolute Gasteiger partial charge is 0.447 e. The van der Waals surface area contributed by atoms with Gasteiger partial charge in [0.25, 0.3) is 5.91 Å². The van der Waals surface area contributed by atoms with Gasteiger partial charge in [-0.1, -0.05) is 48.0 Å². The molecule has 0 bridgehead atoms. The molecule has 2 aromatic carbocycles. The highest BCUT2D eigenvalue weighted by atomic mass is 16.5. The Morgan fingerprint density at radius 2 is 1.62 bits per heavy atom. The third-order valence-electron chi connectivity index (χ3n) is 4.60. The molecule has 1 fully saturated rings. The number of nitrogens with zero attached hydrogens (tertiary/aromatic N) is 1. The first kappa shape index (κ1) is 20.3. The fourth-order valence-electron chi connectivity index (χ4n) is 3.01. The number of ether oxygens (including phenoxy) is 1. The number of nitrogens with one attached hydrogen (secondary N) is 1. The van der Waals surface area contributed by atoms with Gasteiger partial charge in [-0.15, -0.1) is 0 Å². The molecule has 2 aromatic rings. The highest BCUT2D eigenvalue weighted by Gasteiger charge is 2.30. The molecule has 0 unspecified atom stereocenters. The average molecular weight is 394 g/mol. The third-order valence-corrected chi connectivity index (χ3v) is 4.60. The molecule has 0 aromatic heterocycles. The van der Waals surface area contributed by atoms with Gasteiger partial charge >= 0.3 is 5.97 Å². The summed E-state index contributed by atoms with van der Waals surface area (Å²) in [7, 11) is 0. The minimum Gasteiger partial charge on any atom is -0.447 e. The second-order valence-electron chi connectivity index (χ2n) is 6.82. The Bertz CT molecular complexity index is 893. The summed E-state index contributed by atoms with van der Waals surface area (Å²) in [4.78, 5) is 49.5. The van der Waals surface area contributed by atoms with Gasteiger partial charge in [-0.25, -0.2) is 0 Å². The Morgan fingerprint density at radius 3 is 2.24 bits per heavy atom. The summed E-state index contributed by atoms with van der Waals surface area (Å²) in [6.07, 6.45) is -0.979. The summed E-state index contributed by atoms with van der Waals surface area (Å²) in [5.74, 6) is -1.73. The van der Waals surface area contributed by atoms with Crippen molar-refractivity contribution in [2.75, 3.05) is 11.9 Å². The smallest absolute Gasteiger partial charge is 0.308 e. The molecule has 1 saturated heterocycles. The lowest BCUT2D eigenvalue weighted by Crippen LogP contribution is -2.32. The number of benzene rings is 2. The minimum atomic E-state index is -1.14. The number of carbonyl (C=O) groups is 4. The van der Waals surface area contributed by atoms with Gasteiger partial charge in [-0.2, -0.15) is 0 Å². The first-order chi connectivity index (χ1) is 13.9. The Kier molecular flexibility index (Phi) is 6.39. The van der Waals surface area contributed by atoms with E-state index in [9.17, 15) is 19.2 Å². The number of carbonyl (C=O) groups excluding carboxylic acids is 4. The summed E-state index contributed by atoms with van der Waals surface area (Å²) in [5, 5.41) is 2.75. The molecular weight excluding hydrogens is 372 g/mol. The van der Waals surface area contributed by atoms with Crippen LogP contribution < -0.4 is 5.32 Å². The molecule has 1 heterocycles. The van der Waals surface area contributed by atoms with Crippen molar-refractivity contribution in [2.24, 2.45) is 0 Å². The summed E-state index contributed by atoms with van der Waals surface area (Å²) in [6.45, 7) is 1.90. The maximum Gasteiger partial charge on any atom is 0.308 e. The van der Waals surface area contributed by atoms with Crippen LogP contribution in [-0.4, -0.2) is 35.1 Å². The van der Waals surface area contributed by atoms with Crippen molar-refractivity contribution >= 4 is 29.4 Å². The molecule has 1 aliphatic heterocycles. The lowest BCUT2D eigenvalue weighted by Gasteiger charge is -2.19. The molecule has 0 spiro atoms. The molecule has 7 nitrogen and oxygen atoms in total. The first-order valence-corrected chi connectivity index (χ1v) is 9.39. The fraction of sp³-hybridized carbons (Fsp3) is 0.273. The van der Waals surface area contributed by atoms with E-state index in [1.165, 1.54) is 0 Å². The zero-order valence-corrected chi connectivity index (χ0v) is 16.1. The Morgan fingerprint density at radius 1 is 1.00 bits per heavy atom. The standard InChI is InChI=1S/C22H22N2O5/c1-15-7-9-17(10-8-15)23-22(28)21(16-5-3-2-4-6-16)29-20(27)13-14-24-18(25)11-12-19(24)26/h2-10,21H,11-14H2,1H3,(H,23,28)/t21-/m0/s1. The van der Waals surface area contributed by atoms with Gasteiger partial charge in [-0.05, 0) is 19.1 Å². The van der Waals surface area contributed by atoms with Crippen LogP contribution in [-0.2, 0) is 23.9 Å². The number of aryl methyl sites for hydroxylation is 1. The second kappa shape index (κ2) is 9.14. The van der Waals surface area contributed by atoms with Crippen molar-refractivity contribution < 1.29 is 23.9 Å². The van der Waals surface area contributed by atoms with Gasteiger partial charge in [0.1, 0.15) is 0 Å². The van der Waals surface area contributed by atoms with Crippen LogP contribution in [0.3, 0.4) is 0 Å². The van der Waals surface area contributed by atoms with Crippen molar-refractivity contribution in [3.63, 3.8) is 0 Å². The van der Waals surface area contributed by atoms with Crippen LogP contribution in [0.25, 0.3) is 0 Å². The van der Waals surface area contributed by atoms with Crippen LogP contribution >= 0.6 is 0 Å². The van der Waals surface area contributed by atoms with E-state index in [0.717, 1.165) is 10.5 Å². The van der Waals surface area contributed by atoms with Crippen LogP contribution in [0.5, 0.6) is 0 Å². The minimum absolute atomic E-state index is 0.0441. The number of imide groups is 1. The lowest BCUT2D eigenvalue weighted by atomic mass is 10.1. The van der Waals surface area contributed by atoms with Crippen LogP contribution in [0.1, 0.15) is 36.5 Å². The third kappa shape index (κ3) is 5.28. The summed E-state index contributed by atoms with van der Waals surface area (Å²) >= 11 is 0. The van der Waals surface area contributed by atoms with E-state index in [-0.39, 0.29) is 37.6 Å². The molecule has 3 amide bonds. The Labute approximate surface area is 168 Å². The normalized spacial score (nSPS) is 14.6. The highest BCUT2D eigenvalue weighted by molar-refractivity contribution is 6.02. The Hall–Kier alpha value is -3.48. The number of hydrogen-bond donors (Lipinski definition) is 1. The van der Waals surface area contributed by atoms with Crippen LogP contribution in [0.2, 0.25) is 0 Å². The number of amides is 3. The number of likely N-dealkylation sites (tertiary alicyclic amines) is 1. The molecule has 0 radical (unpaired) electrons. The average Bonchev–Trinajstić information content (AvgIpc) is 3.04. The van der Waals surface area contributed by atoms with Crippen LogP contribution in [0, 0.1) is 6.92 Å². The molecule has 1 N–H and O–H groups in total. The zero-order chi connectivity index (χ0) is 20.8. The molecule has 150 valence electrons. The second-order valence-corrected chi connectivity index (χ2v) is 6.82. The van der Waals surface area contributed by atoms with Crippen molar-refractivity contribution in [3.8, 4) is 0 Å². The number of rotatable bonds is 7. The van der Waals surface area contributed by atoms with Crippen molar-refractivity contribution in [1.29, 1.82) is 0 Å². The molecule has 7 heteroatoms. The molecule has 29 heavy (non-hydrogen) atoms. The fourth-order valence-corrected chi connectivity index (χ4v) is 3.01. The predicted molar refractivity (Wildman–Crippen MR) is 106 cm³/mol. The van der Waals surface area contributed by atoms with Crippen LogP contribution in [0.15, 0.2) is 54.6 Å². The summed E-state index contributed by atoms with van der Waals surface area (Å²) in [5.41, 5.74) is 2.17. The van der Waals surface area contributed by atoms with Crippen molar-refractivity contribution in [1.82, 2.24) is 4.90 Å². The summed E-state index contributed by atoms with van der Waals surface area (Å²) in [6, 6.07) is 15.9. The van der Waals surface area contributed by atoms with Crippen LogP contribution in [0.4, 0.5) is 5.69 Å². The highest BCUT2D eigenvalue weighted by Crippen LogP contribution is 2.21. The molecule has 0 aliphatic carbocycles. The lowest BCUT2D eigenvalue weighted by molar-refractivity contribution is -0.155. The van der Waals surface area contributed by atoms with E-state index in [4.69, 9.17) is 4.74 Å². The van der Waals surface area contributed by atoms with E-state index in [1.54, 1.807) is 42.5 Å². The molecule has 0 saturated carbocycles. The first-order valence-electron chi connectivity index (χ1n) is 9.39. The SMILES string of the molecule is Cc1ccc(NC(=O)[C@@H](OC(=O)CCN2C(=O)CCC2=O)c2ccccc2)cc1. The number of esters is 1. The van der Waals surface area contributed by atoms with Crippen molar-refractivity contribution in [3.05, 3.63) is 65.7 Å². The van der Waals surface area contributed by atoms with E-state index in [1.807, 2.05) is 19.1 Å². The summed E-state index contributed by atoms with van der Waals surface area (Å²) < 4.78 is 5.42. The van der Waals surface area contributed by atoms with Crippen molar-refractivity contribution in [2.45, 2.75) is 32.3 Å². The maximum absolute atomic E-state index is 12.8. The van der Waals surface area contributed by atoms with Gasteiger partial charge in [0, 0.05) is 30.6 Å². The van der Waals surface area contributed by atoms with E-state index in [2.05, 4.69) is 5.32 Å². The monoisotopic (exact) mass is 394 g/mol. The zero-order valence-electron chi connectivity index (χ0n) is 16.1. The molecular formula is C22H22N2O5. The number of anilines is 1. The predicted octanol–water partition coefficient (Wildman–Crippen LogP) is 2.76. The van der Waals surface area contributed by atoms with E-state index < -0.39 is 18.0 Å². The maximum atomic E-state index is 12.8. The topological polar surface area (TPSA) is 92.8 Å².